The highest BCUT2D eigenvalue weighted by molar-refractivity contribution is 5.99. The summed E-state index contributed by atoms with van der Waals surface area (Å²) in [6.07, 6.45) is 8.37. The Morgan fingerprint density at radius 3 is 1.24 bits per heavy atom. The number of Topliss-reactive ketones (excluding diaryl/α,β-unsaturated/α-hetero) is 1. The molecule has 0 saturated carbocycles. The number of ketones is 1. The lowest BCUT2D eigenvalue weighted by Crippen LogP contribution is -2.61. The van der Waals surface area contributed by atoms with Crippen molar-refractivity contribution in [1.82, 2.24) is 42.5 Å². The molecule has 34 nitrogen and oxygen atoms in total. The Kier molecular flexibility index (Phi) is 43.3. The van der Waals surface area contributed by atoms with Gasteiger partial charge in [-0.2, -0.15) is 0 Å². The minimum Gasteiger partial charge on any atom is -0.379 e. The van der Waals surface area contributed by atoms with Gasteiger partial charge in [0.25, 0.3) is 0 Å². The average molecular weight is 1280 g/mol. The summed E-state index contributed by atoms with van der Waals surface area (Å²) >= 11 is 0. The fourth-order valence-corrected chi connectivity index (χ4v) is 9.15. The lowest BCUT2D eigenvalue weighted by atomic mass is 10.0. The number of hydrogen-bond acceptors (Lipinski definition) is 17. The highest BCUT2D eigenvalue weighted by atomic mass is 16.5. The molecule has 7 atom stereocenters. The third-order valence-corrected chi connectivity index (χ3v) is 14.0. The van der Waals surface area contributed by atoms with E-state index in [0.717, 1.165) is 44.9 Å². The van der Waals surface area contributed by atoms with Crippen LogP contribution in [0.3, 0.4) is 0 Å². The number of rotatable bonds is 45. The minimum absolute atomic E-state index is 0.0000959. The monoisotopic (exact) mass is 1280 g/mol. The van der Waals surface area contributed by atoms with E-state index in [9.17, 15) is 47.9 Å². The van der Waals surface area contributed by atoms with Gasteiger partial charge in [0.15, 0.2) is 23.8 Å². The van der Waals surface area contributed by atoms with Crippen molar-refractivity contribution in [1.29, 1.82) is 0 Å². The second-order valence-electron chi connectivity index (χ2n) is 21.8. The van der Waals surface area contributed by atoms with Crippen molar-refractivity contribution in [2.75, 3.05) is 65.7 Å². The van der Waals surface area contributed by atoms with Crippen LogP contribution in [0.1, 0.15) is 161 Å². The van der Waals surface area contributed by atoms with Crippen molar-refractivity contribution >= 4 is 82.8 Å². The second-order valence-corrected chi connectivity index (χ2v) is 21.8. The summed E-state index contributed by atoms with van der Waals surface area (Å²) in [5.41, 5.74) is 55.4. The number of aliphatic imine (C=N–C) groups is 4. The van der Waals surface area contributed by atoms with E-state index in [2.05, 4.69) is 69.4 Å². The normalized spacial score (nSPS) is 18.7. The van der Waals surface area contributed by atoms with Crippen LogP contribution >= 0.6 is 0 Å². The molecule has 0 aliphatic carbocycles. The van der Waals surface area contributed by atoms with Crippen LogP contribution in [-0.2, 0) is 57.4 Å². The van der Waals surface area contributed by atoms with Crippen molar-refractivity contribution in [3.63, 3.8) is 0 Å². The zero-order valence-electron chi connectivity index (χ0n) is 52.5. The van der Waals surface area contributed by atoms with Gasteiger partial charge in [-0.15, -0.1) is 0 Å². The van der Waals surface area contributed by atoms with Gasteiger partial charge in [0.2, 0.25) is 53.2 Å². The van der Waals surface area contributed by atoms with Crippen LogP contribution in [0.5, 0.6) is 0 Å². The number of guanidine groups is 4. The van der Waals surface area contributed by atoms with Gasteiger partial charge in [0, 0.05) is 52.2 Å². The van der Waals surface area contributed by atoms with E-state index < -0.39 is 102 Å². The first kappa shape index (κ1) is 79.9. The molecule has 0 bridgehead atoms. The molecule has 0 radical (unpaired) electrons. The Labute approximate surface area is 527 Å². The maximum atomic E-state index is 14.7. The molecule has 1 heterocycles. The molecule has 90 heavy (non-hydrogen) atoms. The molecule has 1 saturated heterocycles. The Bertz CT molecular complexity index is 2330. The number of hydrogen-bond donors (Lipinski definition) is 18. The van der Waals surface area contributed by atoms with Crippen molar-refractivity contribution in [3.05, 3.63) is 0 Å². The molecule has 0 spiro atoms. The number of unbranched alkanes of at least 4 members (excludes halogenated alkanes) is 8. The van der Waals surface area contributed by atoms with E-state index in [1.54, 1.807) is 0 Å². The maximum Gasteiger partial charge on any atom is 0.246 e. The number of nitrogens with one attached hydrogen (secondary N) is 8. The van der Waals surface area contributed by atoms with Gasteiger partial charge in [-0.1, -0.05) is 51.9 Å². The molecule has 34 heteroatoms. The van der Waals surface area contributed by atoms with Gasteiger partial charge in [-0.3, -0.25) is 67.9 Å². The summed E-state index contributed by atoms with van der Waals surface area (Å²) in [6.45, 7) is 2.65. The van der Waals surface area contributed by atoms with Gasteiger partial charge >= 0.3 is 0 Å². The Hall–Kier alpha value is -8.14. The molecule has 0 aromatic heterocycles. The average Bonchev–Trinajstić information content (AvgIpc) is 2.07. The van der Waals surface area contributed by atoms with Crippen LogP contribution in [0, 0.1) is 0 Å². The number of amides is 9. The molecular formula is C56H106N22O12. The summed E-state index contributed by atoms with van der Waals surface area (Å²) in [7, 11) is 0. The number of primary amides is 1. The summed E-state index contributed by atoms with van der Waals surface area (Å²) in [5.74, 6) is -8.74. The lowest BCUT2D eigenvalue weighted by molar-refractivity contribution is -0.137. The quantitative estimate of drug-likeness (QED) is 0.0154. The maximum absolute atomic E-state index is 14.7. The van der Waals surface area contributed by atoms with Crippen molar-refractivity contribution in [3.8, 4) is 0 Å². The molecule has 9 amide bonds. The van der Waals surface area contributed by atoms with Crippen LogP contribution in [0.15, 0.2) is 20.0 Å². The molecule has 512 valence electrons. The SMILES string of the molecule is CCCCCCCCCCNC(=O)C[C@@H]1NC(=O)[C@H](CCC(=O)CCCOCCOCC(=O)NC(CCCCN)C(N)=O)NC(=O)[C@@H](CCCN=C(N)N)NC(=O)[C@H](CCCN=C(N)N)NC(=O)[C@@H](CCCN=C(N)N)NC(=O)[C@H](CCCN=C(N)N)NC1=O. The topological polar surface area (TPSA) is 595 Å². The Balaban J connectivity index is 3.79. The predicted octanol–water partition coefficient (Wildman–Crippen LogP) is -4.97. The van der Waals surface area contributed by atoms with E-state index in [-0.39, 0.29) is 166 Å². The summed E-state index contributed by atoms with van der Waals surface area (Å²) < 4.78 is 11.0. The number of carbonyl (C=O) groups excluding carboxylic acids is 10. The molecule has 1 aliphatic rings. The summed E-state index contributed by atoms with van der Waals surface area (Å²) in [4.78, 5) is 155. The predicted molar refractivity (Wildman–Crippen MR) is 341 cm³/mol. The first-order valence-electron chi connectivity index (χ1n) is 31.2. The second kappa shape index (κ2) is 48.7. The fraction of sp³-hybridized carbons (Fsp3) is 0.750. The van der Waals surface area contributed by atoms with Crippen molar-refractivity contribution in [2.24, 2.45) is 77.3 Å². The van der Waals surface area contributed by atoms with Crippen LogP contribution in [-0.4, -0.2) is 191 Å². The first-order valence-corrected chi connectivity index (χ1v) is 31.2. The zero-order chi connectivity index (χ0) is 67.1. The Morgan fingerprint density at radius 1 is 0.444 bits per heavy atom. The molecule has 1 aliphatic heterocycles. The standard InChI is InChI=1S/C56H106N22O12/c1-2-3-4-5-6-7-8-11-26-67-44(80)34-43-52(88)76-41(22-15-30-71-56(65)66)49(85)74-39(20-13-28-69-54(61)62)47(83)73-38(19-12-27-68-53(59)60)48(84)75-40(21-14-29-70-55(63)64)50(86)77-42(51(87)78-43)24-23-36(79)17-16-31-89-32-33-90-35-45(81)72-37(46(58)82)18-9-10-25-57/h37-43H,2-35,57H2,1H3,(H2,58,82)(H,67,80)(H,72,81)(H,73,83)(H,74,85)(H,75,84)(H,76,88)(H,77,86)(H,78,87)(H4,59,60,68)(H4,61,62,69)(H4,63,64,70)(H4,65,66,71)/t37?,38-,39+,40+,41-,42-,43-/m0/s1. The molecule has 0 aromatic rings. The number of ether oxygens (including phenoxy) is 2. The smallest absolute Gasteiger partial charge is 0.246 e. The summed E-state index contributed by atoms with van der Waals surface area (Å²) in [6, 6.07) is -9.92. The minimum atomic E-state index is -1.71. The molecule has 1 fully saturated rings. The lowest BCUT2D eigenvalue weighted by Gasteiger charge is -2.29. The first-order chi connectivity index (χ1) is 43.0. The van der Waals surface area contributed by atoms with Crippen LogP contribution in [0.25, 0.3) is 0 Å². The highest BCUT2D eigenvalue weighted by Gasteiger charge is 2.36. The van der Waals surface area contributed by atoms with E-state index in [0.29, 0.717) is 32.2 Å². The van der Waals surface area contributed by atoms with Gasteiger partial charge in [0.05, 0.1) is 19.6 Å². The summed E-state index contributed by atoms with van der Waals surface area (Å²) in [5, 5.41) is 21.2. The third kappa shape index (κ3) is 39.7. The van der Waals surface area contributed by atoms with Gasteiger partial charge in [-0.05, 0) is 96.4 Å². The van der Waals surface area contributed by atoms with Gasteiger partial charge < -0.3 is 109 Å². The van der Waals surface area contributed by atoms with Gasteiger partial charge in [0.1, 0.15) is 54.7 Å². The van der Waals surface area contributed by atoms with E-state index in [4.69, 9.17) is 66.8 Å². The molecule has 0 aromatic carbocycles. The number of carbonyl (C=O) groups is 10. The fourth-order valence-electron chi connectivity index (χ4n) is 9.15. The Morgan fingerprint density at radius 2 is 0.833 bits per heavy atom. The number of nitrogens with two attached hydrogens (primary N) is 10. The van der Waals surface area contributed by atoms with Crippen molar-refractivity contribution < 1.29 is 57.4 Å². The molecular weight excluding hydrogens is 1170 g/mol. The van der Waals surface area contributed by atoms with E-state index in [1.807, 2.05) is 0 Å². The largest absolute Gasteiger partial charge is 0.379 e. The third-order valence-electron chi connectivity index (χ3n) is 14.0. The number of nitrogens with zero attached hydrogens (tertiary/aromatic N) is 4. The van der Waals surface area contributed by atoms with Crippen LogP contribution in [0.4, 0.5) is 0 Å². The van der Waals surface area contributed by atoms with Crippen LogP contribution in [0.2, 0.25) is 0 Å². The van der Waals surface area contributed by atoms with E-state index >= 15 is 0 Å². The van der Waals surface area contributed by atoms with Gasteiger partial charge in [-0.25, -0.2) is 0 Å². The zero-order valence-corrected chi connectivity index (χ0v) is 52.5. The van der Waals surface area contributed by atoms with E-state index in [1.165, 1.54) is 0 Å². The molecule has 1 rings (SSSR count). The molecule has 1 unspecified atom stereocenters. The van der Waals surface area contributed by atoms with Crippen LogP contribution < -0.4 is 99.9 Å². The highest BCUT2D eigenvalue weighted by Crippen LogP contribution is 2.13. The molecule has 28 N–H and O–H groups in total. The van der Waals surface area contributed by atoms with Crippen molar-refractivity contribution in [2.45, 2.75) is 203 Å².